The van der Waals surface area contributed by atoms with Crippen LogP contribution in [0.25, 0.3) is 10.9 Å². The van der Waals surface area contributed by atoms with E-state index in [0.717, 1.165) is 22.1 Å². The molecule has 1 N–H and O–H groups in total. The SMILES string of the molecule is Cc1cc([C@H](C)Nc2ccccc2P(C)(C)=O)c2nc(N3CCOCC3)n(C)c(=O)c2c1. The second-order valence-corrected chi connectivity index (χ2v) is 12.0. The predicted molar refractivity (Wildman–Crippen MR) is 132 cm³/mol. The number of para-hydroxylation sites is 1. The number of fused-ring (bicyclic) bond motifs is 1. The number of aryl methyl sites for hydroxylation is 1. The lowest BCUT2D eigenvalue weighted by Crippen LogP contribution is -2.40. The molecule has 2 aromatic carbocycles. The van der Waals surface area contributed by atoms with Crippen LogP contribution in [0.1, 0.15) is 24.1 Å². The standard InChI is InChI=1S/C24H31N4O3P/c1-16-14-18(17(2)25-20-8-6-7-9-21(20)32(4,5)30)22-19(15-16)23(29)27(3)24(26-22)28-10-12-31-13-11-28/h6-9,14-15,17,25H,10-13H2,1-5H3/t17-/m0/s1. The molecule has 1 fully saturated rings. The van der Waals surface area contributed by atoms with Crippen molar-refractivity contribution in [1.82, 2.24) is 9.55 Å². The lowest BCUT2D eigenvalue weighted by molar-refractivity contribution is 0.121. The van der Waals surface area contributed by atoms with Gasteiger partial charge in [-0.05, 0) is 50.9 Å². The molecule has 0 amide bonds. The monoisotopic (exact) mass is 454 g/mol. The normalized spacial score (nSPS) is 15.7. The maximum atomic E-state index is 13.3. The van der Waals surface area contributed by atoms with Crippen molar-refractivity contribution >= 4 is 35.0 Å². The minimum Gasteiger partial charge on any atom is -0.378 e. The first-order valence-electron chi connectivity index (χ1n) is 10.9. The Kier molecular flexibility index (Phi) is 6.15. The van der Waals surface area contributed by atoms with Crippen molar-refractivity contribution in [3.63, 3.8) is 0 Å². The molecule has 1 aromatic heterocycles. The Labute approximate surface area is 188 Å². The first-order valence-corrected chi connectivity index (χ1v) is 13.5. The van der Waals surface area contributed by atoms with E-state index < -0.39 is 7.14 Å². The van der Waals surface area contributed by atoms with Gasteiger partial charge in [-0.2, -0.15) is 0 Å². The molecule has 7 nitrogen and oxygen atoms in total. The molecular weight excluding hydrogens is 423 g/mol. The van der Waals surface area contributed by atoms with Crippen LogP contribution in [0.15, 0.2) is 41.2 Å². The number of morpholine rings is 1. The van der Waals surface area contributed by atoms with E-state index in [1.165, 1.54) is 0 Å². The Morgan fingerprint density at radius 2 is 1.84 bits per heavy atom. The van der Waals surface area contributed by atoms with Crippen molar-refractivity contribution in [2.75, 3.05) is 49.8 Å². The summed E-state index contributed by atoms with van der Waals surface area (Å²) < 4.78 is 19.9. The first kappa shape index (κ1) is 22.6. The maximum absolute atomic E-state index is 13.3. The van der Waals surface area contributed by atoms with E-state index in [0.29, 0.717) is 43.2 Å². The molecule has 0 saturated carbocycles. The predicted octanol–water partition coefficient (Wildman–Crippen LogP) is 3.50. The highest BCUT2D eigenvalue weighted by Crippen LogP contribution is 2.38. The molecular formula is C24H31N4O3P. The molecule has 1 aliphatic rings. The van der Waals surface area contributed by atoms with Crippen molar-refractivity contribution in [2.24, 2.45) is 7.05 Å². The molecule has 3 aromatic rings. The summed E-state index contributed by atoms with van der Waals surface area (Å²) in [6.07, 6.45) is 0. The van der Waals surface area contributed by atoms with Gasteiger partial charge in [-0.1, -0.05) is 18.2 Å². The van der Waals surface area contributed by atoms with Crippen LogP contribution in [-0.2, 0) is 16.3 Å². The van der Waals surface area contributed by atoms with E-state index in [4.69, 9.17) is 9.72 Å². The highest BCUT2D eigenvalue weighted by atomic mass is 31.2. The Balaban J connectivity index is 1.83. The Morgan fingerprint density at radius 3 is 2.53 bits per heavy atom. The number of anilines is 2. The van der Waals surface area contributed by atoms with Gasteiger partial charge in [0.15, 0.2) is 0 Å². The third-order valence-electron chi connectivity index (χ3n) is 5.95. The fourth-order valence-corrected chi connectivity index (χ4v) is 5.46. The van der Waals surface area contributed by atoms with Gasteiger partial charge in [0.05, 0.1) is 30.2 Å². The van der Waals surface area contributed by atoms with Crippen molar-refractivity contribution in [2.45, 2.75) is 19.9 Å². The molecule has 0 unspecified atom stereocenters. The number of rotatable bonds is 5. The first-order chi connectivity index (χ1) is 15.2. The summed E-state index contributed by atoms with van der Waals surface area (Å²) in [7, 11) is -0.675. The minimum absolute atomic E-state index is 0.0549. The Bertz CT molecular complexity index is 1260. The van der Waals surface area contributed by atoms with Gasteiger partial charge in [0.2, 0.25) is 5.95 Å². The zero-order chi connectivity index (χ0) is 23.0. The molecule has 1 atom stereocenters. The Hall–Kier alpha value is -2.63. The number of ether oxygens (including phenoxy) is 1. The van der Waals surface area contributed by atoms with Crippen LogP contribution < -0.4 is 21.1 Å². The molecule has 32 heavy (non-hydrogen) atoms. The molecule has 0 spiro atoms. The molecule has 4 rings (SSSR count). The van der Waals surface area contributed by atoms with Gasteiger partial charge < -0.3 is 19.5 Å². The third kappa shape index (κ3) is 4.32. The summed E-state index contributed by atoms with van der Waals surface area (Å²) in [6, 6.07) is 11.6. The van der Waals surface area contributed by atoms with Crippen molar-refractivity contribution < 1.29 is 9.30 Å². The number of hydrogen-bond donors (Lipinski definition) is 1. The average molecular weight is 455 g/mol. The summed E-state index contributed by atoms with van der Waals surface area (Å²) in [6.45, 7) is 10.3. The van der Waals surface area contributed by atoms with Gasteiger partial charge in [0.25, 0.3) is 5.56 Å². The number of nitrogens with zero attached hydrogens (tertiary/aromatic N) is 3. The smallest absolute Gasteiger partial charge is 0.262 e. The van der Waals surface area contributed by atoms with E-state index in [1.807, 2.05) is 37.3 Å². The lowest BCUT2D eigenvalue weighted by atomic mass is 10.0. The molecule has 1 saturated heterocycles. The number of hydrogen-bond acceptors (Lipinski definition) is 6. The Morgan fingerprint density at radius 1 is 1.16 bits per heavy atom. The van der Waals surface area contributed by atoms with Crippen molar-refractivity contribution in [1.29, 1.82) is 0 Å². The van der Waals surface area contributed by atoms with Crippen molar-refractivity contribution in [3.8, 4) is 0 Å². The van der Waals surface area contributed by atoms with Crippen LogP contribution in [0.2, 0.25) is 0 Å². The van der Waals surface area contributed by atoms with Crippen LogP contribution in [0.5, 0.6) is 0 Å². The van der Waals surface area contributed by atoms with Crippen LogP contribution in [0.3, 0.4) is 0 Å². The summed E-state index contributed by atoms with van der Waals surface area (Å²) >= 11 is 0. The summed E-state index contributed by atoms with van der Waals surface area (Å²) in [5, 5.41) is 4.96. The fourth-order valence-electron chi connectivity index (χ4n) is 4.29. The van der Waals surface area contributed by atoms with Gasteiger partial charge in [-0.3, -0.25) is 9.36 Å². The molecule has 0 aliphatic carbocycles. The van der Waals surface area contributed by atoms with E-state index in [-0.39, 0.29) is 11.6 Å². The van der Waals surface area contributed by atoms with E-state index >= 15 is 0 Å². The molecule has 170 valence electrons. The average Bonchev–Trinajstić information content (AvgIpc) is 2.76. The highest BCUT2D eigenvalue weighted by molar-refractivity contribution is 7.70. The third-order valence-corrected chi connectivity index (χ3v) is 7.50. The molecule has 0 radical (unpaired) electrons. The van der Waals surface area contributed by atoms with Crippen LogP contribution in [0, 0.1) is 6.92 Å². The highest BCUT2D eigenvalue weighted by Gasteiger charge is 2.22. The van der Waals surface area contributed by atoms with E-state index in [2.05, 4.69) is 23.2 Å². The van der Waals surface area contributed by atoms with Crippen LogP contribution in [0.4, 0.5) is 11.6 Å². The van der Waals surface area contributed by atoms with Gasteiger partial charge >= 0.3 is 0 Å². The molecule has 2 heterocycles. The molecule has 0 bridgehead atoms. The minimum atomic E-state index is -2.45. The fraction of sp³-hybridized carbons (Fsp3) is 0.417. The zero-order valence-corrected chi connectivity index (χ0v) is 20.3. The van der Waals surface area contributed by atoms with Gasteiger partial charge in [-0.15, -0.1) is 0 Å². The second-order valence-electron chi connectivity index (χ2n) is 8.86. The molecule has 1 aliphatic heterocycles. The summed E-state index contributed by atoms with van der Waals surface area (Å²) in [4.78, 5) is 20.3. The van der Waals surface area contributed by atoms with Gasteiger partial charge in [-0.25, -0.2) is 4.98 Å². The molecule has 8 heteroatoms. The number of nitrogens with one attached hydrogen (secondary N) is 1. The van der Waals surface area contributed by atoms with E-state index in [9.17, 15) is 9.36 Å². The topological polar surface area (TPSA) is 76.5 Å². The van der Waals surface area contributed by atoms with Gasteiger partial charge in [0, 0.05) is 36.7 Å². The lowest BCUT2D eigenvalue weighted by Gasteiger charge is -2.29. The zero-order valence-electron chi connectivity index (χ0n) is 19.4. The van der Waals surface area contributed by atoms with Gasteiger partial charge in [0.1, 0.15) is 7.14 Å². The quantitative estimate of drug-likeness (QED) is 0.595. The van der Waals surface area contributed by atoms with Crippen LogP contribution in [-0.4, -0.2) is 49.2 Å². The van der Waals surface area contributed by atoms with E-state index in [1.54, 1.807) is 24.9 Å². The second kappa shape index (κ2) is 8.72. The maximum Gasteiger partial charge on any atom is 0.262 e. The summed E-state index contributed by atoms with van der Waals surface area (Å²) in [5.74, 6) is 0.662. The largest absolute Gasteiger partial charge is 0.378 e. The number of benzene rings is 2. The van der Waals surface area contributed by atoms with Crippen molar-refractivity contribution in [3.05, 3.63) is 57.9 Å². The number of aromatic nitrogens is 2. The summed E-state index contributed by atoms with van der Waals surface area (Å²) in [5.41, 5.74) is 3.45. The van der Waals surface area contributed by atoms with Crippen LogP contribution >= 0.6 is 7.14 Å².